The van der Waals surface area contributed by atoms with Crippen LogP contribution in [0.4, 0.5) is 10.1 Å². The van der Waals surface area contributed by atoms with Gasteiger partial charge in [0.2, 0.25) is 5.91 Å². The Bertz CT molecular complexity index is 947. The number of piperazine rings is 1. The lowest BCUT2D eigenvalue weighted by Crippen LogP contribution is -2.49. The molecule has 2 aromatic heterocycles. The molecular weight excluding hydrogens is 401 g/mol. The van der Waals surface area contributed by atoms with Gasteiger partial charge >= 0.3 is 0 Å². The summed E-state index contributed by atoms with van der Waals surface area (Å²) in [5.41, 5.74) is 1.03. The van der Waals surface area contributed by atoms with Gasteiger partial charge in [-0.25, -0.2) is 4.39 Å². The molecule has 0 saturated carbocycles. The van der Waals surface area contributed by atoms with Crippen molar-refractivity contribution < 1.29 is 13.6 Å². The van der Waals surface area contributed by atoms with Gasteiger partial charge in [-0.1, -0.05) is 6.07 Å². The molecule has 1 atom stereocenters. The largest absolute Gasteiger partial charge is 0.468 e. The van der Waals surface area contributed by atoms with Gasteiger partial charge in [0.05, 0.1) is 12.3 Å². The van der Waals surface area contributed by atoms with Crippen molar-refractivity contribution in [1.29, 1.82) is 0 Å². The Morgan fingerprint density at radius 1 is 1.13 bits per heavy atom. The van der Waals surface area contributed by atoms with Crippen molar-refractivity contribution in [3.8, 4) is 0 Å². The number of furan rings is 1. The lowest BCUT2D eigenvalue weighted by Gasteiger charge is -2.39. The number of hydrogen-bond donors (Lipinski definition) is 1. The highest BCUT2D eigenvalue weighted by Gasteiger charge is 2.27. The first-order valence-electron chi connectivity index (χ1n) is 9.96. The second kappa shape index (κ2) is 9.73. The van der Waals surface area contributed by atoms with E-state index in [-0.39, 0.29) is 17.8 Å². The third-order valence-corrected chi connectivity index (χ3v) is 6.07. The third-order valence-electron chi connectivity index (χ3n) is 5.23. The minimum absolute atomic E-state index is 0.0329. The minimum Gasteiger partial charge on any atom is -0.468 e. The summed E-state index contributed by atoms with van der Waals surface area (Å²) >= 11 is 1.59. The lowest BCUT2D eigenvalue weighted by atomic mass is 10.1. The molecule has 30 heavy (non-hydrogen) atoms. The highest BCUT2D eigenvalue weighted by molar-refractivity contribution is 7.10. The Hall–Kier alpha value is -2.90. The standard InChI is InChI=1S/C23H24FN3O2S/c24-18-5-7-19(8-6-18)26-11-13-27(14-12-26)21(22-4-1-15-29-22)17-25-23(28)10-9-20-3-2-16-30-20/h1-10,15-16,21H,11-14,17H2,(H,25,28)/b10-9+. The van der Waals surface area contributed by atoms with Crippen LogP contribution in [0.25, 0.3) is 6.08 Å². The van der Waals surface area contributed by atoms with E-state index >= 15 is 0 Å². The number of amides is 1. The zero-order chi connectivity index (χ0) is 20.8. The second-order valence-corrected chi connectivity index (χ2v) is 8.10. The van der Waals surface area contributed by atoms with Crippen LogP contribution in [0.3, 0.4) is 0 Å². The molecule has 1 aliphatic rings. The predicted octanol–water partition coefficient (Wildman–Crippen LogP) is 4.17. The maximum absolute atomic E-state index is 13.2. The maximum atomic E-state index is 13.2. The monoisotopic (exact) mass is 425 g/mol. The van der Waals surface area contributed by atoms with Crippen LogP contribution in [0.1, 0.15) is 16.7 Å². The normalized spacial score (nSPS) is 16.1. The number of hydrogen-bond acceptors (Lipinski definition) is 5. The van der Waals surface area contributed by atoms with Gasteiger partial charge in [-0.05, 0) is 53.9 Å². The number of nitrogens with zero attached hydrogens (tertiary/aromatic N) is 2. The summed E-state index contributed by atoms with van der Waals surface area (Å²) < 4.78 is 18.8. The first kappa shape index (κ1) is 20.4. The first-order chi connectivity index (χ1) is 14.7. The Kier molecular flexibility index (Phi) is 6.61. The fourth-order valence-corrected chi connectivity index (χ4v) is 4.25. The highest BCUT2D eigenvalue weighted by Crippen LogP contribution is 2.24. The third kappa shape index (κ3) is 5.17. The van der Waals surface area contributed by atoms with Crippen LogP contribution in [0.5, 0.6) is 0 Å². The summed E-state index contributed by atoms with van der Waals surface area (Å²) in [6, 6.07) is 14.3. The number of thiophene rings is 1. The Labute approximate surface area is 179 Å². The van der Waals surface area contributed by atoms with Gasteiger partial charge < -0.3 is 14.6 Å². The van der Waals surface area contributed by atoms with E-state index < -0.39 is 0 Å². The summed E-state index contributed by atoms with van der Waals surface area (Å²) in [5.74, 6) is 0.497. The SMILES string of the molecule is O=C(/C=C/c1cccs1)NCC(c1ccco1)N1CCN(c2ccc(F)cc2)CC1. The molecule has 0 aliphatic carbocycles. The van der Waals surface area contributed by atoms with Crippen LogP contribution in [-0.2, 0) is 4.79 Å². The molecule has 1 aliphatic heterocycles. The summed E-state index contributed by atoms with van der Waals surface area (Å²) in [4.78, 5) is 17.9. The van der Waals surface area contributed by atoms with Crippen LogP contribution in [0.2, 0.25) is 0 Å². The van der Waals surface area contributed by atoms with Crippen molar-refractivity contribution >= 4 is 29.0 Å². The summed E-state index contributed by atoms with van der Waals surface area (Å²) in [5, 5.41) is 4.98. The van der Waals surface area contributed by atoms with Crippen LogP contribution < -0.4 is 10.2 Å². The second-order valence-electron chi connectivity index (χ2n) is 7.12. The Morgan fingerprint density at radius 2 is 1.93 bits per heavy atom. The molecule has 1 unspecified atom stereocenters. The molecule has 1 N–H and O–H groups in total. The number of carbonyl (C=O) groups excluding carboxylic acids is 1. The van der Waals surface area contributed by atoms with E-state index in [2.05, 4.69) is 15.1 Å². The van der Waals surface area contributed by atoms with E-state index in [9.17, 15) is 9.18 Å². The fraction of sp³-hybridized carbons (Fsp3) is 0.261. The average Bonchev–Trinajstić information content (AvgIpc) is 3.48. The highest BCUT2D eigenvalue weighted by atomic mass is 32.1. The van der Waals surface area contributed by atoms with Gasteiger partial charge in [0, 0.05) is 49.4 Å². The number of rotatable bonds is 7. The molecule has 1 amide bonds. The fourth-order valence-electron chi connectivity index (χ4n) is 3.63. The summed E-state index contributed by atoms with van der Waals surface area (Å²) in [6.45, 7) is 3.77. The van der Waals surface area contributed by atoms with Gasteiger partial charge in [0.15, 0.2) is 0 Å². The van der Waals surface area contributed by atoms with Crippen LogP contribution in [0.15, 0.2) is 70.7 Å². The number of carbonyl (C=O) groups is 1. The van der Waals surface area contributed by atoms with Crippen molar-refractivity contribution in [2.75, 3.05) is 37.6 Å². The van der Waals surface area contributed by atoms with E-state index in [0.29, 0.717) is 6.54 Å². The van der Waals surface area contributed by atoms with E-state index in [1.54, 1.807) is 23.7 Å². The van der Waals surface area contributed by atoms with Gasteiger partial charge in [0.1, 0.15) is 11.6 Å². The van der Waals surface area contributed by atoms with Gasteiger partial charge in [0.25, 0.3) is 0 Å². The topological polar surface area (TPSA) is 48.7 Å². The summed E-state index contributed by atoms with van der Waals surface area (Å²) in [7, 11) is 0. The molecule has 1 saturated heterocycles. The molecule has 1 fully saturated rings. The first-order valence-corrected chi connectivity index (χ1v) is 10.8. The average molecular weight is 426 g/mol. The van der Waals surface area contributed by atoms with Crippen molar-refractivity contribution in [1.82, 2.24) is 10.2 Å². The van der Waals surface area contributed by atoms with Crippen molar-refractivity contribution in [2.45, 2.75) is 6.04 Å². The molecule has 1 aromatic carbocycles. The quantitative estimate of drug-likeness (QED) is 0.577. The van der Waals surface area contributed by atoms with E-state index in [1.807, 2.05) is 47.9 Å². The molecule has 4 rings (SSSR count). The van der Waals surface area contributed by atoms with E-state index in [0.717, 1.165) is 42.5 Å². The predicted molar refractivity (Wildman–Crippen MR) is 118 cm³/mol. The smallest absolute Gasteiger partial charge is 0.244 e. The van der Waals surface area contributed by atoms with Crippen LogP contribution in [-0.4, -0.2) is 43.5 Å². The van der Waals surface area contributed by atoms with Crippen molar-refractivity contribution in [3.63, 3.8) is 0 Å². The lowest BCUT2D eigenvalue weighted by molar-refractivity contribution is -0.116. The zero-order valence-electron chi connectivity index (χ0n) is 16.5. The Balaban J connectivity index is 1.36. The van der Waals surface area contributed by atoms with Crippen LogP contribution in [0, 0.1) is 5.82 Å². The molecule has 0 radical (unpaired) electrons. The summed E-state index contributed by atoms with van der Waals surface area (Å²) in [6.07, 6.45) is 5.05. The number of halogens is 1. The minimum atomic E-state index is -0.223. The van der Waals surface area contributed by atoms with Crippen LogP contribution >= 0.6 is 11.3 Å². The number of anilines is 1. The molecule has 0 bridgehead atoms. The van der Waals surface area contributed by atoms with Gasteiger partial charge in [-0.2, -0.15) is 0 Å². The van der Waals surface area contributed by atoms with Crippen molar-refractivity contribution in [2.24, 2.45) is 0 Å². The Morgan fingerprint density at radius 3 is 2.60 bits per heavy atom. The van der Waals surface area contributed by atoms with Gasteiger partial charge in [-0.15, -0.1) is 11.3 Å². The molecule has 3 heterocycles. The number of benzene rings is 1. The molecule has 0 spiro atoms. The zero-order valence-corrected chi connectivity index (χ0v) is 17.4. The molecule has 156 valence electrons. The molecule has 3 aromatic rings. The van der Waals surface area contributed by atoms with Gasteiger partial charge in [-0.3, -0.25) is 9.69 Å². The number of nitrogens with one attached hydrogen (secondary N) is 1. The maximum Gasteiger partial charge on any atom is 0.244 e. The molecule has 5 nitrogen and oxygen atoms in total. The molecular formula is C23H24FN3O2S. The molecule has 7 heteroatoms. The van der Waals surface area contributed by atoms with E-state index in [4.69, 9.17) is 4.42 Å². The van der Waals surface area contributed by atoms with E-state index in [1.165, 1.54) is 12.1 Å². The van der Waals surface area contributed by atoms with Crippen molar-refractivity contribution in [3.05, 3.63) is 82.7 Å².